The third kappa shape index (κ3) is 4.90. The van der Waals surface area contributed by atoms with E-state index in [0.29, 0.717) is 24.5 Å². The molecule has 4 rings (SSSR count). The first kappa shape index (κ1) is 21.4. The van der Waals surface area contributed by atoms with Crippen molar-refractivity contribution in [2.75, 3.05) is 19.6 Å². The van der Waals surface area contributed by atoms with Gasteiger partial charge < -0.3 is 14.5 Å². The molecule has 1 N–H and O–H groups in total. The molecule has 0 bridgehead atoms. The molecule has 1 fully saturated rings. The van der Waals surface area contributed by atoms with Crippen molar-refractivity contribution in [1.82, 2.24) is 19.6 Å². The molecule has 31 heavy (non-hydrogen) atoms. The Morgan fingerprint density at radius 2 is 1.90 bits per heavy atom. The molecular formula is C25H32N4O2. The molecule has 6 heteroatoms. The predicted octanol–water partition coefficient (Wildman–Crippen LogP) is 4.22. The Balaban J connectivity index is 1.41. The number of likely N-dealkylation sites (tertiary alicyclic amines) is 1. The van der Waals surface area contributed by atoms with Gasteiger partial charge in [0.2, 0.25) is 0 Å². The van der Waals surface area contributed by atoms with Crippen molar-refractivity contribution in [3.8, 4) is 5.75 Å². The second kappa shape index (κ2) is 9.10. The average molecular weight is 421 g/mol. The molecule has 1 amide bonds. The first-order valence-electron chi connectivity index (χ1n) is 11.1. The zero-order valence-electron chi connectivity index (χ0n) is 18.7. The smallest absolute Gasteiger partial charge is 0.255 e. The summed E-state index contributed by atoms with van der Waals surface area (Å²) in [6.45, 7) is 9.55. The van der Waals surface area contributed by atoms with E-state index in [-0.39, 0.29) is 11.4 Å². The number of fused-ring (bicyclic) bond motifs is 1. The highest BCUT2D eigenvalue weighted by Gasteiger charge is 2.28. The zero-order chi connectivity index (χ0) is 21.8. The number of para-hydroxylation sites is 1. The molecule has 1 aromatic carbocycles. The number of aromatic nitrogens is 2. The van der Waals surface area contributed by atoms with Crippen LogP contribution in [0.1, 0.15) is 54.7 Å². The summed E-state index contributed by atoms with van der Waals surface area (Å²) >= 11 is 0. The van der Waals surface area contributed by atoms with Crippen LogP contribution in [0.15, 0.2) is 48.8 Å². The topological polar surface area (TPSA) is 58.9 Å². The third-order valence-electron chi connectivity index (χ3n) is 6.13. The molecule has 0 aliphatic carbocycles. The van der Waals surface area contributed by atoms with Crippen molar-refractivity contribution in [2.24, 2.45) is 0 Å². The summed E-state index contributed by atoms with van der Waals surface area (Å²) in [4.78, 5) is 20.1. The lowest BCUT2D eigenvalue weighted by molar-refractivity contribution is 0.0794. The van der Waals surface area contributed by atoms with Crippen LogP contribution < -0.4 is 10.1 Å². The number of pyridine rings is 1. The molecule has 1 aliphatic rings. The lowest BCUT2D eigenvalue weighted by atomic mass is 9.98. The first-order valence-corrected chi connectivity index (χ1v) is 11.1. The van der Waals surface area contributed by atoms with Gasteiger partial charge in [0.05, 0.1) is 11.3 Å². The standard InChI is InChI=1S/C25H32N4O2/c1-19-10-9-13-28-16-20(27-23(19)28)17-31-22-12-6-5-11-21(22)24(30)26-18-25(2,3)29-14-7-4-8-15-29/h5-6,9-13,16H,4,7-8,14-15,17-18H2,1-3H3,(H,26,30). The predicted molar refractivity (Wildman–Crippen MR) is 123 cm³/mol. The summed E-state index contributed by atoms with van der Waals surface area (Å²) in [7, 11) is 0. The fourth-order valence-electron chi connectivity index (χ4n) is 4.21. The van der Waals surface area contributed by atoms with Crippen LogP contribution in [0.3, 0.4) is 0 Å². The molecule has 3 heterocycles. The molecule has 1 aliphatic heterocycles. The normalized spacial score (nSPS) is 15.2. The lowest BCUT2D eigenvalue weighted by Crippen LogP contribution is -2.53. The number of imidazole rings is 1. The van der Waals surface area contributed by atoms with Crippen LogP contribution in [-0.2, 0) is 6.61 Å². The lowest BCUT2D eigenvalue weighted by Gasteiger charge is -2.41. The van der Waals surface area contributed by atoms with E-state index in [2.05, 4.69) is 29.0 Å². The van der Waals surface area contributed by atoms with Crippen LogP contribution in [-0.4, -0.2) is 45.4 Å². The van der Waals surface area contributed by atoms with Gasteiger partial charge in [0.15, 0.2) is 0 Å². The van der Waals surface area contributed by atoms with E-state index in [1.54, 1.807) is 0 Å². The van der Waals surface area contributed by atoms with Gasteiger partial charge in [-0.05, 0) is 70.5 Å². The van der Waals surface area contributed by atoms with Gasteiger partial charge in [-0.2, -0.15) is 0 Å². The number of nitrogens with zero attached hydrogens (tertiary/aromatic N) is 3. The monoisotopic (exact) mass is 420 g/mol. The van der Waals surface area contributed by atoms with Crippen LogP contribution in [0.5, 0.6) is 5.75 Å². The summed E-state index contributed by atoms with van der Waals surface area (Å²) in [5.74, 6) is 0.469. The van der Waals surface area contributed by atoms with Crippen LogP contribution in [0.2, 0.25) is 0 Å². The highest BCUT2D eigenvalue weighted by Crippen LogP contribution is 2.22. The van der Waals surface area contributed by atoms with E-state index >= 15 is 0 Å². The molecule has 0 saturated carbocycles. The van der Waals surface area contributed by atoms with Gasteiger partial charge in [-0.25, -0.2) is 4.98 Å². The van der Waals surface area contributed by atoms with Crippen molar-refractivity contribution in [2.45, 2.75) is 52.2 Å². The largest absolute Gasteiger partial charge is 0.486 e. The Bertz CT molecular complexity index is 1050. The first-order chi connectivity index (χ1) is 14.9. The molecule has 6 nitrogen and oxygen atoms in total. The van der Waals surface area contributed by atoms with E-state index in [1.165, 1.54) is 19.3 Å². The van der Waals surface area contributed by atoms with Crippen molar-refractivity contribution in [3.05, 3.63) is 65.6 Å². The minimum Gasteiger partial charge on any atom is -0.486 e. The molecule has 2 aromatic heterocycles. The van der Waals surface area contributed by atoms with Gasteiger partial charge in [0.25, 0.3) is 5.91 Å². The number of nitrogens with one attached hydrogen (secondary N) is 1. The van der Waals surface area contributed by atoms with Crippen LogP contribution in [0.25, 0.3) is 5.65 Å². The maximum atomic E-state index is 13.0. The summed E-state index contributed by atoms with van der Waals surface area (Å²) in [5, 5.41) is 3.12. The van der Waals surface area contributed by atoms with E-state index in [1.807, 2.05) is 60.1 Å². The maximum Gasteiger partial charge on any atom is 0.255 e. The van der Waals surface area contributed by atoms with Gasteiger partial charge in [-0.15, -0.1) is 0 Å². The number of hydrogen-bond acceptors (Lipinski definition) is 4. The number of carbonyl (C=O) groups excluding carboxylic acids is 1. The molecule has 3 aromatic rings. The molecule has 1 saturated heterocycles. The van der Waals surface area contributed by atoms with Crippen molar-refractivity contribution < 1.29 is 9.53 Å². The van der Waals surface area contributed by atoms with E-state index < -0.39 is 0 Å². The number of ether oxygens (including phenoxy) is 1. The minimum atomic E-state index is -0.105. The highest BCUT2D eigenvalue weighted by atomic mass is 16.5. The zero-order valence-corrected chi connectivity index (χ0v) is 18.7. The summed E-state index contributed by atoms with van der Waals surface area (Å²) < 4.78 is 8.01. The summed E-state index contributed by atoms with van der Waals surface area (Å²) in [6.07, 6.45) is 7.71. The Hall–Kier alpha value is -2.86. The Kier molecular flexibility index (Phi) is 6.28. The Morgan fingerprint density at radius 3 is 2.68 bits per heavy atom. The number of carbonyl (C=O) groups is 1. The van der Waals surface area contributed by atoms with Crippen molar-refractivity contribution in [1.29, 1.82) is 0 Å². The molecule has 0 spiro atoms. The number of amides is 1. The number of rotatable bonds is 7. The van der Waals surface area contributed by atoms with Crippen molar-refractivity contribution in [3.63, 3.8) is 0 Å². The van der Waals surface area contributed by atoms with E-state index in [4.69, 9.17) is 4.74 Å². The quantitative estimate of drug-likeness (QED) is 0.622. The molecule has 0 radical (unpaired) electrons. The van der Waals surface area contributed by atoms with Gasteiger partial charge in [0, 0.05) is 24.5 Å². The third-order valence-corrected chi connectivity index (χ3v) is 6.13. The second-order valence-electron chi connectivity index (χ2n) is 8.98. The highest BCUT2D eigenvalue weighted by molar-refractivity contribution is 5.96. The van der Waals surface area contributed by atoms with E-state index in [0.717, 1.165) is 30.0 Å². The van der Waals surface area contributed by atoms with Gasteiger partial charge in [-0.3, -0.25) is 9.69 Å². The van der Waals surface area contributed by atoms with Gasteiger partial charge in [0.1, 0.15) is 18.0 Å². The Labute approximate surface area is 184 Å². The fourth-order valence-corrected chi connectivity index (χ4v) is 4.21. The molecule has 164 valence electrons. The number of piperidine rings is 1. The van der Waals surface area contributed by atoms with Crippen molar-refractivity contribution >= 4 is 11.6 Å². The SMILES string of the molecule is Cc1cccn2cc(COc3ccccc3C(=O)NCC(C)(C)N3CCCCC3)nc12. The Morgan fingerprint density at radius 1 is 1.13 bits per heavy atom. The van der Waals surface area contributed by atoms with Gasteiger partial charge >= 0.3 is 0 Å². The molecule has 0 unspecified atom stereocenters. The van der Waals surface area contributed by atoms with E-state index in [9.17, 15) is 4.79 Å². The van der Waals surface area contributed by atoms with Crippen LogP contribution >= 0.6 is 0 Å². The van der Waals surface area contributed by atoms with Crippen LogP contribution in [0.4, 0.5) is 0 Å². The minimum absolute atomic E-state index is 0.0692. The maximum absolute atomic E-state index is 13.0. The second-order valence-corrected chi connectivity index (χ2v) is 8.98. The summed E-state index contributed by atoms with van der Waals surface area (Å²) in [6, 6.07) is 11.4. The fraction of sp³-hybridized carbons (Fsp3) is 0.440. The number of benzene rings is 1. The van der Waals surface area contributed by atoms with Crippen LogP contribution in [0, 0.1) is 6.92 Å². The number of hydrogen-bond donors (Lipinski definition) is 1. The van der Waals surface area contributed by atoms with Gasteiger partial charge in [-0.1, -0.05) is 24.6 Å². The molecule has 0 atom stereocenters. The molecular weight excluding hydrogens is 388 g/mol. The number of aryl methyl sites for hydroxylation is 1. The average Bonchev–Trinajstić information content (AvgIpc) is 3.21. The summed E-state index contributed by atoms with van der Waals surface area (Å²) in [5.41, 5.74) is 3.35.